The number of carbonyl (C=O) groups excluding carboxylic acids is 8. The van der Waals surface area contributed by atoms with Crippen molar-refractivity contribution in [3.05, 3.63) is 112 Å². The van der Waals surface area contributed by atoms with Gasteiger partial charge in [-0.3, -0.25) is 43.3 Å². The van der Waals surface area contributed by atoms with Crippen LogP contribution >= 0.6 is 0 Å². The summed E-state index contributed by atoms with van der Waals surface area (Å²) in [7, 11) is 1.51. The number of aromatic nitrogens is 1. The highest BCUT2D eigenvalue weighted by atomic mass is 16.7. The maximum Gasteiger partial charge on any atom is 0.410 e. The summed E-state index contributed by atoms with van der Waals surface area (Å²) in [6.07, 6.45) is 11.9. The van der Waals surface area contributed by atoms with Gasteiger partial charge in [0, 0.05) is 111 Å². The average Bonchev–Trinajstić information content (AvgIpc) is 1.67. The Morgan fingerprint density at radius 3 is 2.27 bits per heavy atom. The molecule has 8 atom stereocenters. The fourth-order valence-corrected chi connectivity index (χ4v) is 12.5. The van der Waals surface area contributed by atoms with E-state index in [9.17, 15) is 53.7 Å². The Labute approximate surface area is 549 Å². The fraction of sp³-hybridized carbons (Fsp3) is 0.457. The summed E-state index contributed by atoms with van der Waals surface area (Å²) in [5.41, 5.74) is -0.00814. The minimum absolute atomic E-state index is 0.0191. The second-order valence-corrected chi connectivity index (χ2v) is 25.7. The number of phenols is 2. The van der Waals surface area contributed by atoms with E-state index in [1.54, 1.807) is 69.3 Å². The van der Waals surface area contributed by atoms with Crippen LogP contribution in [0.2, 0.25) is 0 Å². The molecule has 5 heterocycles. The highest BCUT2D eigenvalue weighted by Crippen LogP contribution is 2.51. The number of Topliss-reactive ketones (excluding diaryl/α,β-unsaturated/α-hetero) is 1. The van der Waals surface area contributed by atoms with E-state index in [0.29, 0.717) is 36.2 Å². The zero-order valence-electron chi connectivity index (χ0n) is 55.2. The number of aliphatic hydroxyl groups excluding tert-OH is 1. The van der Waals surface area contributed by atoms with Crippen molar-refractivity contribution in [2.24, 2.45) is 29.6 Å². The molecule has 95 heavy (non-hydrogen) atoms. The molecule has 25 heteroatoms. The maximum absolute atomic E-state index is 15.0. The van der Waals surface area contributed by atoms with Gasteiger partial charge in [-0.15, -0.1) is 0 Å². The number of fused-ring (bicyclic) bond motifs is 2. The Morgan fingerprint density at radius 2 is 1.59 bits per heavy atom. The van der Waals surface area contributed by atoms with Crippen LogP contribution in [-0.4, -0.2) is 148 Å². The number of carbonyl (C=O) groups is 8. The molecule has 0 aromatic heterocycles. The predicted molar refractivity (Wildman–Crippen MR) is 353 cm³/mol. The number of aliphatic hydroxyl groups is 1. The van der Waals surface area contributed by atoms with Crippen molar-refractivity contribution in [2.75, 3.05) is 61.9 Å². The Hall–Kier alpha value is -9.62. The van der Waals surface area contributed by atoms with Gasteiger partial charge in [0.2, 0.25) is 23.2 Å². The Bertz CT molecular complexity index is 3940. The zero-order valence-corrected chi connectivity index (χ0v) is 55.2. The number of nitrogens with one attached hydrogen (secondary N) is 4. The molecule has 7 amide bonds. The van der Waals surface area contributed by atoms with Crippen LogP contribution in [0, 0.1) is 36.5 Å². The van der Waals surface area contributed by atoms with Crippen molar-refractivity contribution in [2.45, 2.75) is 131 Å². The standard InChI is InChI=1S/C70H84N8O17/c1-37(2)57(73-50(80)17-12-11-13-25-78-52(82)22-23-53(78)83)68(89)71-35-51(81)72-45-20-18-44(19-21-45)36-92-69(90)77-28-26-76(27-29-77)46-33-47(79)58-49(34-46)94-65-59(74-58)54-55-62(85)43(8)64-56(54)66(87)70(9,95-64)93-30-24-48(91-10)42(7)61(84)41(6)32-39(4)31-38(3)15-14-16-40(5)67(88)75-60(65)63(55)86/h14-16,18-24,30,33-34,37-39,41-42,48,57,61,79,84-85H,11-13,17,25-29,31-32,35-36H2,1-10H3,(H,71,89)(H,72,81)(H,73,80)(H,75,88)/b15-14+,30-24+,40-16-/t38-,39+,41+,42+,48-,57?,61-,70-/m0/s1. The molecule has 1 saturated heterocycles. The molecule has 9 rings (SSSR count). The average molecular weight is 1310 g/mol. The number of benzene rings is 4. The largest absolute Gasteiger partial charge is 0.507 e. The highest BCUT2D eigenvalue weighted by molar-refractivity contribution is 6.22. The first kappa shape index (κ1) is 69.7. The smallest absolute Gasteiger partial charge is 0.410 e. The number of imide groups is 1. The summed E-state index contributed by atoms with van der Waals surface area (Å²) in [5.74, 6) is -7.35. The summed E-state index contributed by atoms with van der Waals surface area (Å²) in [5, 5.41) is 45.5. The van der Waals surface area contributed by atoms with Crippen molar-refractivity contribution in [3.8, 4) is 28.7 Å². The van der Waals surface area contributed by atoms with Crippen molar-refractivity contribution < 1.29 is 77.0 Å². The Morgan fingerprint density at radius 1 is 0.884 bits per heavy atom. The van der Waals surface area contributed by atoms with Gasteiger partial charge < -0.3 is 69.8 Å². The number of rotatable bonds is 16. The van der Waals surface area contributed by atoms with Gasteiger partial charge in [0.05, 0.1) is 36.0 Å². The van der Waals surface area contributed by atoms with Crippen LogP contribution in [0.5, 0.6) is 17.2 Å². The number of ether oxygens (including phenoxy) is 4. The van der Waals surface area contributed by atoms with Crippen LogP contribution in [0.4, 0.5) is 21.9 Å². The minimum atomic E-state index is -2.06. The highest BCUT2D eigenvalue weighted by Gasteiger charge is 2.50. The van der Waals surface area contributed by atoms with Crippen LogP contribution in [0.15, 0.2) is 93.9 Å². The third-order valence-corrected chi connectivity index (χ3v) is 18.0. The van der Waals surface area contributed by atoms with Crippen LogP contribution < -0.4 is 36.3 Å². The number of nitrogens with zero attached hydrogens (tertiary/aromatic N) is 4. The number of unbranched alkanes of at least 4 members (excludes halogenated alkanes) is 2. The number of hydrogen-bond donors (Lipinski definition) is 7. The summed E-state index contributed by atoms with van der Waals surface area (Å²) < 4.78 is 30.4. The van der Waals surface area contributed by atoms with Gasteiger partial charge in [0.15, 0.2) is 11.3 Å². The van der Waals surface area contributed by atoms with Gasteiger partial charge in [-0.2, -0.15) is 0 Å². The van der Waals surface area contributed by atoms with E-state index in [1.165, 1.54) is 50.3 Å². The summed E-state index contributed by atoms with van der Waals surface area (Å²) in [4.78, 5) is 129. The number of aromatic hydroxyl groups is 2. The van der Waals surface area contributed by atoms with Crippen LogP contribution in [-0.2, 0) is 49.6 Å². The maximum atomic E-state index is 15.0. The Kier molecular flexibility index (Phi) is 21.8. The molecule has 4 bridgehead atoms. The zero-order chi connectivity index (χ0) is 68.7. The number of anilines is 3. The lowest BCUT2D eigenvalue weighted by atomic mass is 9.82. The van der Waals surface area contributed by atoms with Gasteiger partial charge >= 0.3 is 11.9 Å². The van der Waals surface area contributed by atoms with Crippen LogP contribution in [0.1, 0.15) is 115 Å². The quantitative estimate of drug-likeness (QED) is 0.0211. The van der Waals surface area contributed by atoms with E-state index in [4.69, 9.17) is 28.3 Å². The van der Waals surface area contributed by atoms with E-state index in [0.717, 1.165) is 17.7 Å². The number of amides is 7. The topological polar surface area (TPSA) is 335 Å². The monoisotopic (exact) mass is 1310 g/mol. The van der Waals surface area contributed by atoms with Gasteiger partial charge in [-0.1, -0.05) is 78.3 Å². The van der Waals surface area contributed by atoms with Crippen LogP contribution in [0.3, 0.4) is 0 Å². The lowest BCUT2D eigenvalue weighted by Gasteiger charge is -2.35. The van der Waals surface area contributed by atoms with Crippen LogP contribution in [0.25, 0.3) is 33.3 Å². The number of allylic oxidation sites excluding steroid dienone is 3. The van der Waals surface area contributed by atoms with E-state index >= 15 is 4.79 Å². The molecule has 7 N–H and O–H groups in total. The molecule has 1 fully saturated rings. The van der Waals surface area contributed by atoms with Crippen molar-refractivity contribution >= 4 is 86.3 Å². The minimum Gasteiger partial charge on any atom is -0.507 e. The molecular weight excluding hydrogens is 1220 g/mol. The molecule has 6 aliphatic rings. The van der Waals surface area contributed by atoms with Gasteiger partial charge in [0.1, 0.15) is 46.8 Å². The summed E-state index contributed by atoms with van der Waals surface area (Å²) in [6, 6.07) is 8.74. The number of hydrogen-bond acceptors (Lipinski definition) is 19. The predicted octanol–water partition coefficient (Wildman–Crippen LogP) is 8.28. The number of ketones is 1. The molecule has 25 nitrogen and oxygen atoms in total. The molecule has 0 saturated carbocycles. The number of piperazine rings is 1. The fourth-order valence-electron chi connectivity index (χ4n) is 12.5. The SMILES string of the molecule is CO[C@H]1/C=C/O[C@@]2(C)Oc3c(C)c(O)c4c(=O)c(c5oc6cc(N7CCN(C(=O)OCc8ccc(NC(=O)CNC(=O)C(NC(=O)CCCCCN9C(=O)C=CC9=O)C(C)C)cc8)CC7)cc(O)c6nc-5c4c3C2=O)NC(=O)/C(C)=C\C=C\[C@H](C)C[C@@H](C)C[C@@H](C)[C@H](O)[C@@H]1C. The van der Waals surface area contributed by atoms with Crippen molar-refractivity contribution in [3.63, 3.8) is 0 Å². The molecule has 506 valence electrons. The first-order valence-electron chi connectivity index (χ1n) is 32.1. The van der Waals surface area contributed by atoms with E-state index in [2.05, 4.69) is 35.1 Å². The summed E-state index contributed by atoms with van der Waals surface area (Å²) >= 11 is 0. The van der Waals surface area contributed by atoms with Gasteiger partial charge in [-0.05, 0) is 87.0 Å². The Balaban J connectivity index is 0.865. The van der Waals surface area contributed by atoms with Crippen molar-refractivity contribution in [1.29, 1.82) is 0 Å². The molecule has 3 aromatic rings. The number of methoxy groups -OCH3 is 1. The molecular formula is C70H84N8O17. The number of phenolic OH excluding ortho intramolecular Hbond substituents is 2. The lowest BCUT2D eigenvalue weighted by Crippen LogP contribution is -2.51. The molecule has 0 radical (unpaired) electrons. The van der Waals surface area contributed by atoms with E-state index in [-0.39, 0.29) is 155 Å². The second kappa shape index (κ2) is 29.8. The van der Waals surface area contributed by atoms with Gasteiger partial charge in [-0.25, -0.2) is 9.78 Å². The first-order chi connectivity index (χ1) is 45.2. The third kappa shape index (κ3) is 15.6. The van der Waals surface area contributed by atoms with Gasteiger partial charge in [0.25, 0.3) is 23.5 Å². The molecule has 1 unspecified atom stereocenters. The van der Waals surface area contributed by atoms with E-state index < -0.39 is 76.4 Å². The molecule has 3 aromatic carbocycles. The normalized spacial score (nSPS) is 23.5. The lowest BCUT2D eigenvalue weighted by molar-refractivity contribution is -0.137. The summed E-state index contributed by atoms with van der Waals surface area (Å²) in [6.45, 7) is 16.8. The van der Waals surface area contributed by atoms with E-state index in [1.807, 2.05) is 24.8 Å². The molecule has 1 aliphatic carbocycles. The molecule has 5 aliphatic heterocycles. The molecule has 0 spiro atoms. The van der Waals surface area contributed by atoms with Crippen molar-refractivity contribution in [1.82, 2.24) is 25.4 Å². The third-order valence-electron chi connectivity index (χ3n) is 18.0. The first-order valence-corrected chi connectivity index (χ1v) is 32.1. The second-order valence-electron chi connectivity index (χ2n) is 25.7.